The number of hydrogen-bond donors (Lipinski definition) is 0. The summed E-state index contributed by atoms with van der Waals surface area (Å²) in [6.45, 7) is 4.64. The van der Waals surface area contributed by atoms with Gasteiger partial charge in [0.05, 0.1) is 30.4 Å². The Morgan fingerprint density at radius 3 is 2.59 bits per heavy atom. The van der Waals surface area contributed by atoms with Crippen LogP contribution in [0, 0.1) is 32.1 Å². The molecule has 1 saturated carbocycles. The lowest BCUT2D eigenvalue weighted by atomic mass is 9.99. The van der Waals surface area contributed by atoms with Crippen LogP contribution < -0.4 is 9.64 Å². The fourth-order valence-electron chi connectivity index (χ4n) is 4.02. The zero-order valence-electron chi connectivity index (χ0n) is 18.6. The predicted molar refractivity (Wildman–Crippen MR) is 139 cm³/mol. The van der Waals surface area contributed by atoms with Crippen molar-refractivity contribution in [2.75, 3.05) is 18.6 Å². The number of hydrogen-bond acceptors (Lipinski definition) is 4. The topological polar surface area (TPSA) is 25.4 Å². The molecule has 0 N–H and O–H groups in total. The average Bonchev–Trinajstić information content (AvgIpc) is 3.52. The van der Waals surface area contributed by atoms with E-state index in [4.69, 9.17) is 27.7 Å². The highest BCUT2D eigenvalue weighted by atomic mass is 35.5. The van der Waals surface area contributed by atoms with Crippen molar-refractivity contribution in [1.82, 2.24) is 4.98 Å². The number of ether oxygens (including phenoxy) is 1. The third-order valence-corrected chi connectivity index (χ3v) is 7.17. The highest BCUT2D eigenvalue weighted by Crippen LogP contribution is 2.44. The fraction of sp³-hybridized carbons (Fsp3) is 0.346. The van der Waals surface area contributed by atoms with E-state index in [9.17, 15) is 0 Å². The van der Waals surface area contributed by atoms with Gasteiger partial charge in [0.25, 0.3) is 0 Å². The van der Waals surface area contributed by atoms with E-state index < -0.39 is 0 Å². The SMILES string of the molecule is C#CCN(c1nc(-c2cc(C)c(OC)cc2Cl)c(C)s1)[C@@H](CC1CC1)c1ccccc1.Cl. The second-order valence-electron chi connectivity index (χ2n) is 8.14. The van der Waals surface area contributed by atoms with Gasteiger partial charge in [0.1, 0.15) is 5.75 Å². The summed E-state index contributed by atoms with van der Waals surface area (Å²) in [5.74, 6) is 4.41. The maximum atomic E-state index is 6.61. The summed E-state index contributed by atoms with van der Waals surface area (Å²) in [5, 5.41) is 1.59. The number of aryl methyl sites for hydroxylation is 2. The van der Waals surface area contributed by atoms with Crippen LogP contribution in [0.25, 0.3) is 11.3 Å². The molecule has 1 atom stereocenters. The molecule has 0 bridgehead atoms. The number of rotatable bonds is 8. The number of halogens is 2. The summed E-state index contributed by atoms with van der Waals surface area (Å²) in [6.07, 6.45) is 9.51. The molecule has 1 fully saturated rings. The second kappa shape index (κ2) is 10.6. The first kappa shape index (κ1) is 24.5. The molecule has 0 saturated heterocycles. The summed E-state index contributed by atoms with van der Waals surface area (Å²) in [5.41, 5.74) is 4.17. The standard InChI is InChI=1S/C26H27ClN2OS.ClH/c1-5-13-29(23(15-19-11-12-19)20-9-7-6-8-10-20)26-28-25(18(3)31-26)21-14-17(2)24(30-4)16-22(21)27;/h1,6-10,14,16,19,23H,11-13,15H2,2-4H3;1H/t23-;/m0./s1. The zero-order valence-corrected chi connectivity index (χ0v) is 21.0. The third kappa shape index (κ3) is 5.23. The Balaban J connectivity index is 0.00000289. The summed E-state index contributed by atoms with van der Waals surface area (Å²) in [7, 11) is 1.66. The van der Waals surface area contributed by atoms with Crippen molar-refractivity contribution in [3.63, 3.8) is 0 Å². The fourth-order valence-corrected chi connectivity index (χ4v) is 5.23. The van der Waals surface area contributed by atoms with Crippen LogP contribution in [-0.4, -0.2) is 18.6 Å². The van der Waals surface area contributed by atoms with Crippen LogP contribution in [-0.2, 0) is 0 Å². The minimum absolute atomic E-state index is 0. The highest BCUT2D eigenvalue weighted by Gasteiger charge is 2.31. The second-order valence-corrected chi connectivity index (χ2v) is 9.73. The maximum Gasteiger partial charge on any atom is 0.187 e. The van der Waals surface area contributed by atoms with Gasteiger partial charge in [-0.25, -0.2) is 4.98 Å². The van der Waals surface area contributed by atoms with Gasteiger partial charge >= 0.3 is 0 Å². The van der Waals surface area contributed by atoms with Gasteiger partial charge in [-0.05, 0) is 49.4 Å². The molecule has 0 amide bonds. The monoisotopic (exact) mass is 486 g/mol. The normalized spacial score (nSPS) is 13.7. The van der Waals surface area contributed by atoms with Crippen molar-refractivity contribution in [3.8, 4) is 29.4 Å². The molecule has 2 aromatic carbocycles. The maximum absolute atomic E-state index is 6.61. The predicted octanol–water partition coefficient (Wildman–Crippen LogP) is 7.49. The molecule has 1 aromatic heterocycles. The van der Waals surface area contributed by atoms with Crippen molar-refractivity contribution in [2.24, 2.45) is 5.92 Å². The molecule has 0 spiro atoms. The number of terminal acetylenes is 1. The highest BCUT2D eigenvalue weighted by molar-refractivity contribution is 7.16. The van der Waals surface area contributed by atoms with Gasteiger partial charge in [-0.1, -0.05) is 60.7 Å². The quantitative estimate of drug-likeness (QED) is 0.308. The molecule has 32 heavy (non-hydrogen) atoms. The number of thiazole rings is 1. The molecule has 6 heteroatoms. The van der Waals surface area contributed by atoms with Gasteiger partial charge in [-0.15, -0.1) is 30.2 Å². The molecule has 0 radical (unpaired) electrons. The lowest BCUT2D eigenvalue weighted by molar-refractivity contribution is 0.412. The van der Waals surface area contributed by atoms with Gasteiger partial charge in [0, 0.05) is 10.4 Å². The first-order chi connectivity index (χ1) is 15.0. The number of anilines is 1. The number of benzene rings is 2. The molecule has 1 aliphatic rings. The Bertz CT molecular complexity index is 1100. The van der Waals surface area contributed by atoms with Gasteiger partial charge in [0.15, 0.2) is 5.13 Å². The first-order valence-electron chi connectivity index (χ1n) is 10.6. The summed E-state index contributed by atoms with van der Waals surface area (Å²) < 4.78 is 5.41. The molecule has 168 valence electrons. The number of methoxy groups -OCH3 is 1. The molecule has 1 aliphatic carbocycles. The van der Waals surface area contributed by atoms with E-state index in [0.29, 0.717) is 11.6 Å². The molecule has 4 rings (SSSR count). The van der Waals surface area contributed by atoms with Crippen LogP contribution in [0.15, 0.2) is 42.5 Å². The molecular formula is C26H28Cl2N2OS. The van der Waals surface area contributed by atoms with Crippen LogP contribution in [0.3, 0.4) is 0 Å². The minimum Gasteiger partial charge on any atom is -0.496 e. The van der Waals surface area contributed by atoms with E-state index in [1.165, 1.54) is 18.4 Å². The largest absolute Gasteiger partial charge is 0.496 e. The lowest BCUT2D eigenvalue weighted by Gasteiger charge is -2.30. The Labute approximate surface area is 206 Å². The average molecular weight is 487 g/mol. The van der Waals surface area contributed by atoms with Crippen molar-refractivity contribution in [1.29, 1.82) is 0 Å². The number of nitrogens with zero attached hydrogens (tertiary/aromatic N) is 2. The van der Waals surface area contributed by atoms with Crippen molar-refractivity contribution in [3.05, 3.63) is 63.5 Å². The van der Waals surface area contributed by atoms with E-state index in [2.05, 4.69) is 54.1 Å². The molecular weight excluding hydrogens is 459 g/mol. The van der Waals surface area contributed by atoms with Gasteiger partial charge in [-0.2, -0.15) is 0 Å². The Hall–Kier alpha value is -2.19. The van der Waals surface area contributed by atoms with Crippen LogP contribution >= 0.6 is 35.3 Å². The van der Waals surface area contributed by atoms with Gasteiger partial charge in [0.2, 0.25) is 0 Å². The van der Waals surface area contributed by atoms with E-state index in [1.54, 1.807) is 18.4 Å². The summed E-state index contributed by atoms with van der Waals surface area (Å²) >= 11 is 8.29. The smallest absolute Gasteiger partial charge is 0.187 e. The van der Waals surface area contributed by atoms with Gasteiger partial charge < -0.3 is 9.64 Å². The van der Waals surface area contributed by atoms with Gasteiger partial charge in [-0.3, -0.25) is 0 Å². The summed E-state index contributed by atoms with van der Waals surface area (Å²) in [4.78, 5) is 8.47. The van der Waals surface area contributed by atoms with Crippen molar-refractivity contribution < 1.29 is 4.74 Å². The van der Waals surface area contributed by atoms with E-state index >= 15 is 0 Å². The van der Waals surface area contributed by atoms with Crippen LogP contribution in [0.5, 0.6) is 5.75 Å². The van der Waals surface area contributed by atoms with Crippen molar-refractivity contribution in [2.45, 2.75) is 39.2 Å². The van der Waals surface area contributed by atoms with E-state index in [-0.39, 0.29) is 18.4 Å². The van der Waals surface area contributed by atoms with E-state index in [0.717, 1.165) is 44.9 Å². The van der Waals surface area contributed by atoms with Crippen LogP contribution in [0.2, 0.25) is 5.02 Å². The zero-order chi connectivity index (χ0) is 22.0. The minimum atomic E-state index is 0. The van der Waals surface area contributed by atoms with Crippen LogP contribution in [0.4, 0.5) is 5.13 Å². The molecule has 0 unspecified atom stereocenters. The Kier molecular flexibility index (Phi) is 8.11. The third-order valence-electron chi connectivity index (χ3n) is 5.85. The van der Waals surface area contributed by atoms with Crippen LogP contribution in [0.1, 0.15) is 41.3 Å². The van der Waals surface area contributed by atoms with E-state index in [1.807, 2.05) is 13.0 Å². The lowest BCUT2D eigenvalue weighted by Crippen LogP contribution is -2.29. The molecule has 1 heterocycles. The van der Waals surface area contributed by atoms with Crippen molar-refractivity contribution >= 4 is 40.5 Å². The molecule has 3 aromatic rings. The number of aromatic nitrogens is 1. The Morgan fingerprint density at radius 2 is 1.97 bits per heavy atom. The Morgan fingerprint density at radius 1 is 1.25 bits per heavy atom. The molecule has 3 nitrogen and oxygen atoms in total. The summed E-state index contributed by atoms with van der Waals surface area (Å²) in [6, 6.07) is 14.8. The molecule has 0 aliphatic heterocycles. The first-order valence-corrected chi connectivity index (χ1v) is 11.8.